The molecule has 0 aliphatic rings. The van der Waals surface area contributed by atoms with Gasteiger partial charge in [0.05, 0.1) is 0 Å². The van der Waals surface area contributed by atoms with Crippen molar-refractivity contribution in [2.24, 2.45) is 17.8 Å². The average Bonchev–Trinajstić information content (AvgIpc) is 2.26. The summed E-state index contributed by atoms with van der Waals surface area (Å²) in [5.41, 5.74) is 0. The van der Waals surface area contributed by atoms with Gasteiger partial charge in [-0.05, 0) is 44.7 Å². The summed E-state index contributed by atoms with van der Waals surface area (Å²) in [5, 5.41) is 0. The molecule has 122 valence electrons. The summed E-state index contributed by atoms with van der Waals surface area (Å²) >= 11 is 0. The minimum absolute atomic E-state index is 0.599. The van der Waals surface area contributed by atoms with Crippen molar-refractivity contribution in [1.29, 1.82) is 0 Å². The van der Waals surface area contributed by atoms with Crippen molar-refractivity contribution in [3.8, 4) is 0 Å². The zero-order chi connectivity index (χ0) is 15.8. The number of hydrogen-bond acceptors (Lipinski definition) is 3. The van der Waals surface area contributed by atoms with Crippen molar-refractivity contribution in [2.45, 2.75) is 61.4 Å². The SMILES string of the molecule is CCO[Si](CC(C)C)(OCC)N(CC(C)C)CC(C)C. The molecule has 0 radical (unpaired) electrons. The maximum absolute atomic E-state index is 6.29. The van der Waals surface area contributed by atoms with Crippen LogP contribution in [0, 0.1) is 17.8 Å². The van der Waals surface area contributed by atoms with Crippen LogP contribution in [0.25, 0.3) is 0 Å². The lowest BCUT2D eigenvalue weighted by atomic mass is 10.2. The van der Waals surface area contributed by atoms with Crippen LogP contribution < -0.4 is 0 Å². The van der Waals surface area contributed by atoms with E-state index in [-0.39, 0.29) is 0 Å². The third-order valence-corrected chi connectivity index (χ3v) is 7.20. The first-order valence-corrected chi connectivity index (χ1v) is 10.3. The zero-order valence-electron chi connectivity index (χ0n) is 15.0. The third kappa shape index (κ3) is 7.20. The molecule has 0 atom stereocenters. The van der Waals surface area contributed by atoms with Gasteiger partial charge >= 0.3 is 8.72 Å². The maximum Gasteiger partial charge on any atom is 0.428 e. The van der Waals surface area contributed by atoms with Crippen molar-refractivity contribution in [3.63, 3.8) is 0 Å². The van der Waals surface area contributed by atoms with Gasteiger partial charge in [-0.2, -0.15) is 0 Å². The van der Waals surface area contributed by atoms with E-state index in [1.54, 1.807) is 0 Å². The van der Waals surface area contributed by atoms with Crippen molar-refractivity contribution in [1.82, 2.24) is 4.57 Å². The van der Waals surface area contributed by atoms with Gasteiger partial charge in [0.15, 0.2) is 0 Å². The second-order valence-electron chi connectivity index (χ2n) is 6.87. The molecule has 0 aliphatic heterocycles. The predicted molar refractivity (Wildman–Crippen MR) is 89.9 cm³/mol. The van der Waals surface area contributed by atoms with Crippen molar-refractivity contribution >= 4 is 8.72 Å². The second-order valence-corrected chi connectivity index (χ2v) is 9.91. The molecule has 0 aromatic heterocycles. The molecule has 0 heterocycles. The first kappa shape index (κ1) is 20.1. The fraction of sp³-hybridized carbons (Fsp3) is 1.00. The molecular formula is C16H37NO2Si. The Kier molecular flexibility index (Phi) is 9.98. The Hall–Kier alpha value is 0.0969. The highest BCUT2D eigenvalue weighted by Gasteiger charge is 2.45. The molecule has 0 amide bonds. The largest absolute Gasteiger partial charge is 0.428 e. The molecule has 0 saturated heterocycles. The second kappa shape index (κ2) is 9.93. The first-order chi connectivity index (χ1) is 9.27. The van der Waals surface area contributed by atoms with Crippen LogP contribution in [0.1, 0.15) is 55.4 Å². The zero-order valence-corrected chi connectivity index (χ0v) is 16.0. The molecular weight excluding hydrogens is 266 g/mol. The average molecular weight is 304 g/mol. The number of hydrogen-bond donors (Lipinski definition) is 0. The lowest BCUT2D eigenvalue weighted by molar-refractivity contribution is 0.105. The van der Waals surface area contributed by atoms with Gasteiger partial charge in [-0.3, -0.25) is 4.57 Å². The summed E-state index contributed by atoms with van der Waals surface area (Å²) in [6.45, 7) is 21.4. The van der Waals surface area contributed by atoms with E-state index in [2.05, 4.69) is 60.0 Å². The van der Waals surface area contributed by atoms with E-state index in [1.165, 1.54) is 0 Å². The van der Waals surface area contributed by atoms with E-state index in [1.807, 2.05) is 0 Å². The minimum atomic E-state index is -2.28. The van der Waals surface area contributed by atoms with Crippen molar-refractivity contribution in [3.05, 3.63) is 0 Å². The molecule has 4 heteroatoms. The normalized spacial score (nSPS) is 13.2. The maximum atomic E-state index is 6.29. The Morgan fingerprint density at radius 3 is 1.40 bits per heavy atom. The Bertz CT molecular complexity index is 229. The van der Waals surface area contributed by atoms with Gasteiger partial charge in [-0.15, -0.1) is 0 Å². The summed E-state index contributed by atoms with van der Waals surface area (Å²) < 4.78 is 15.1. The molecule has 0 spiro atoms. The van der Waals surface area contributed by atoms with E-state index >= 15 is 0 Å². The molecule has 20 heavy (non-hydrogen) atoms. The molecule has 0 aromatic carbocycles. The molecule has 0 aromatic rings. The standard InChI is InChI=1S/C16H37NO2Si/c1-9-18-20(19-10-2,13-16(7)8)17(11-14(3)4)12-15(5)6/h14-16H,9-13H2,1-8H3. The highest BCUT2D eigenvalue weighted by atomic mass is 28.4. The van der Waals surface area contributed by atoms with Crippen LogP contribution in [-0.2, 0) is 8.85 Å². The van der Waals surface area contributed by atoms with Gasteiger partial charge in [-0.25, -0.2) is 0 Å². The first-order valence-electron chi connectivity index (χ1n) is 8.30. The lowest BCUT2D eigenvalue weighted by Gasteiger charge is -2.42. The number of rotatable bonds is 11. The van der Waals surface area contributed by atoms with Crippen LogP contribution in [-0.4, -0.2) is 39.6 Å². The summed E-state index contributed by atoms with van der Waals surface area (Å²) in [4.78, 5) is 0. The van der Waals surface area contributed by atoms with Crippen LogP contribution in [0.15, 0.2) is 0 Å². The van der Waals surface area contributed by atoms with Gasteiger partial charge < -0.3 is 8.85 Å². The summed E-state index contributed by atoms with van der Waals surface area (Å²) in [6, 6.07) is 1.05. The molecule has 0 unspecified atom stereocenters. The molecule has 3 nitrogen and oxygen atoms in total. The third-order valence-electron chi connectivity index (χ3n) is 3.06. The van der Waals surface area contributed by atoms with Gasteiger partial charge in [0.25, 0.3) is 0 Å². The molecule has 0 bridgehead atoms. The van der Waals surface area contributed by atoms with E-state index in [0.717, 1.165) is 32.3 Å². The predicted octanol–water partition coefficient (Wildman–Crippen LogP) is 4.27. The molecule has 0 fully saturated rings. The number of nitrogens with zero attached hydrogens (tertiary/aromatic N) is 1. The highest BCUT2D eigenvalue weighted by Crippen LogP contribution is 2.26. The van der Waals surface area contributed by atoms with Crippen LogP contribution in [0.4, 0.5) is 0 Å². The molecule has 0 aliphatic carbocycles. The summed E-state index contributed by atoms with van der Waals surface area (Å²) in [7, 11) is -2.28. The Morgan fingerprint density at radius 2 is 1.15 bits per heavy atom. The van der Waals surface area contributed by atoms with E-state index in [9.17, 15) is 0 Å². The fourth-order valence-corrected chi connectivity index (χ4v) is 6.84. The van der Waals surface area contributed by atoms with Crippen LogP contribution in [0.2, 0.25) is 6.04 Å². The Labute approximate surface area is 128 Å². The monoisotopic (exact) mass is 303 g/mol. The van der Waals surface area contributed by atoms with Crippen LogP contribution in [0.5, 0.6) is 0 Å². The summed E-state index contributed by atoms with van der Waals surface area (Å²) in [5.74, 6) is 1.86. The summed E-state index contributed by atoms with van der Waals surface area (Å²) in [6.07, 6.45) is 0. The molecule has 0 N–H and O–H groups in total. The van der Waals surface area contributed by atoms with Gasteiger partial charge in [0, 0.05) is 19.3 Å². The van der Waals surface area contributed by atoms with Crippen molar-refractivity contribution < 1.29 is 8.85 Å². The van der Waals surface area contributed by atoms with Gasteiger partial charge in [-0.1, -0.05) is 41.5 Å². The van der Waals surface area contributed by atoms with Crippen LogP contribution >= 0.6 is 0 Å². The topological polar surface area (TPSA) is 21.7 Å². The molecule has 0 rings (SSSR count). The van der Waals surface area contributed by atoms with E-state index in [0.29, 0.717) is 17.8 Å². The molecule has 0 saturated carbocycles. The Morgan fingerprint density at radius 1 is 0.750 bits per heavy atom. The smallest absolute Gasteiger partial charge is 0.383 e. The quantitative estimate of drug-likeness (QED) is 0.532. The minimum Gasteiger partial charge on any atom is -0.383 e. The lowest BCUT2D eigenvalue weighted by Crippen LogP contribution is -2.61. The Balaban J connectivity index is 5.30. The van der Waals surface area contributed by atoms with E-state index in [4.69, 9.17) is 8.85 Å². The van der Waals surface area contributed by atoms with Gasteiger partial charge in [0.2, 0.25) is 0 Å². The fourth-order valence-electron chi connectivity index (χ4n) is 2.67. The highest BCUT2D eigenvalue weighted by molar-refractivity contribution is 6.64. The van der Waals surface area contributed by atoms with Crippen molar-refractivity contribution in [2.75, 3.05) is 26.3 Å². The van der Waals surface area contributed by atoms with E-state index < -0.39 is 8.72 Å². The van der Waals surface area contributed by atoms with Crippen LogP contribution in [0.3, 0.4) is 0 Å². The van der Waals surface area contributed by atoms with Gasteiger partial charge in [0.1, 0.15) is 0 Å².